The van der Waals surface area contributed by atoms with E-state index in [1.54, 1.807) is 19.1 Å². The Morgan fingerprint density at radius 1 is 1.41 bits per heavy atom. The Bertz CT molecular complexity index is 698. The molecule has 1 amide bonds. The fourth-order valence-electron chi connectivity index (χ4n) is 1.48. The third-order valence-electron chi connectivity index (χ3n) is 2.59. The van der Waals surface area contributed by atoms with Gasteiger partial charge in [0.25, 0.3) is 5.95 Å². The third kappa shape index (κ3) is 3.95. The summed E-state index contributed by atoms with van der Waals surface area (Å²) >= 11 is 1.07. The molecule has 0 atom stereocenters. The first-order valence-electron chi connectivity index (χ1n) is 6.15. The summed E-state index contributed by atoms with van der Waals surface area (Å²) in [5.41, 5.74) is 9.08. The van der Waals surface area contributed by atoms with Crippen LogP contribution in [0.5, 0.6) is 0 Å². The zero-order valence-electron chi connectivity index (χ0n) is 11.7. The van der Waals surface area contributed by atoms with Crippen molar-refractivity contribution in [1.82, 2.24) is 14.9 Å². The van der Waals surface area contributed by atoms with Crippen molar-refractivity contribution in [3.8, 4) is 0 Å². The van der Waals surface area contributed by atoms with E-state index in [1.165, 1.54) is 12.1 Å². The van der Waals surface area contributed by atoms with Crippen molar-refractivity contribution in [3.63, 3.8) is 0 Å². The largest absolute Gasteiger partial charge is 0.369 e. The number of benzene rings is 1. The summed E-state index contributed by atoms with van der Waals surface area (Å²) in [6, 6.07) is 5.91. The number of amides is 1. The summed E-state index contributed by atoms with van der Waals surface area (Å²) in [7, 11) is 0. The zero-order chi connectivity index (χ0) is 16.1. The van der Waals surface area contributed by atoms with E-state index in [4.69, 9.17) is 11.6 Å². The Hall–Kier alpha value is -2.62. The second-order valence-electron chi connectivity index (χ2n) is 4.25. The Kier molecular flexibility index (Phi) is 4.94. The predicted molar refractivity (Wildman–Crippen MR) is 82.3 cm³/mol. The van der Waals surface area contributed by atoms with E-state index in [2.05, 4.69) is 20.7 Å². The minimum Gasteiger partial charge on any atom is -0.369 e. The van der Waals surface area contributed by atoms with Crippen LogP contribution in [-0.2, 0) is 4.79 Å². The van der Waals surface area contributed by atoms with Gasteiger partial charge in [0.15, 0.2) is 0 Å². The second kappa shape index (κ2) is 6.89. The average Bonchev–Trinajstić information content (AvgIpc) is 2.84. The molecule has 10 heteroatoms. The number of carbonyl (C=O) groups is 1. The number of nitrogens with two attached hydrogens (primary N) is 2. The molecule has 2 rings (SSSR count). The van der Waals surface area contributed by atoms with Crippen molar-refractivity contribution in [3.05, 3.63) is 35.6 Å². The third-order valence-corrected chi connectivity index (χ3v) is 3.56. The van der Waals surface area contributed by atoms with Crippen molar-refractivity contribution >= 4 is 29.3 Å². The van der Waals surface area contributed by atoms with Crippen molar-refractivity contribution in [2.45, 2.75) is 12.1 Å². The summed E-state index contributed by atoms with van der Waals surface area (Å²) in [5.74, 6) is 5.23. The smallest absolute Gasteiger partial charge is 0.264 e. The first-order chi connectivity index (χ1) is 10.5. The highest BCUT2D eigenvalue weighted by Gasteiger charge is 2.10. The van der Waals surface area contributed by atoms with Crippen LogP contribution in [-0.4, -0.2) is 32.2 Å². The topological polar surface area (TPSA) is 124 Å². The highest BCUT2D eigenvalue weighted by atomic mass is 32.2. The van der Waals surface area contributed by atoms with Crippen molar-refractivity contribution in [2.24, 2.45) is 10.8 Å². The maximum Gasteiger partial charge on any atom is 0.264 e. The number of hydrogen-bond acceptors (Lipinski definition) is 7. The second-order valence-corrected chi connectivity index (χ2v) is 5.19. The number of nitrogen functional groups attached to an aromatic ring is 1. The number of aromatic nitrogens is 3. The number of anilines is 1. The van der Waals surface area contributed by atoms with Gasteiger partial charge in [0, 0.05) is 0 Å². The van der Waals surface area contributed by atoms with Crippen LogP contribution in [0.2, 0.25) is 0 Å². The Morgan fingerprint density at radius 3 is 2.73 bits per heavy atom. The van der Waals surface area contributed by atoms with Gasteiger partial charge in [-0.3, -0.25) is 4.79 Å². The minimum atomic E-state index is -0.479. The van der Waals surface area contributed by atoms with Gasteiger partial charge < -0.3 is 11.6 Å². The number of rotatable bonds is 6. The lowest BCUT2D eigenvalue weighted by Gasteiger charge is -2.04. The number of halogens is 1. The summed E-state index contributed by atoms with van der Waals surface area (Å²) in [5, 5.41) is 12.1. The first kappa shape index (κ1) is 15.8. The lowest BCUT2D eigenvalue weighted by molar-refractivity contribution is -0.115. The molecule has 2 aromatic rings. The van der Waals surface area contributed by atoms with Gasteiger partial charge in [-0.1, -0.05) is 23.9 Å². The molecule has 8 nitrogen and oxygen atoms in total. The summed E-state index contributed by atoms with van der Waals surface area (Å²) in [6.45, 7) is 1.75. The fraction of sp³-hybridized carbons (Fsp3) is 0.167. The highest BCUT2D eigenvalue weighted by Crippen LogP contribution is 2.16. The molecule has 0 radical (unpaired) electrons. The quantitative estimate of drug-likeness (QED) is 0.308. The molecular weight excluding hydrogens is 309 g/mol. The van der Waals surface area contributed by atoms with Gasteiger partial charge in [-0.15, -0.1) is 10.2 Å². The Balaban J connectivity index is 2.06. The van der Waals surface area contributed by atoms with Crippen LogP contribution in [0.3, 0.4) is 0 Å². The predicted octanol–water partition coefficient (Wildman–Crippen LogP) is 0.545. The molecule has 0 spiro atoms. The van der Waals surface area contributed by atoms with Crippen LogP contribution in [0, 0.1) is 5.82 Å². The molecule has 0 aliphatic rings. The average molecular weight is 323 g/mol. The molecule has 1 heterocycles. The van der Waals surface area contributed by atoms with Crippen LogP contribution in [0.4, 0.5) is 10.3 Å². The first-order valence-corrected chi connectivity index (χ1v) is 7.13. The molecule has 0 bridgehead atoms. The van der Waals surface area contributed by atoms with E-state index in [0.717, 1.165) is 22.0 Å². The summed E-state index contributed by atoms with van der Waals surface area (Å²) < 4.78 is 14.0. The summed E-state index contributed by atoms with van der Waals surface area (Å²) in [4.78, 5) is 10.7. The van der Waals surface area contributed by atoms with E-state index in [0.29, 0.717) is 10.9 Å². The van der Waals surface area contributed by atoms with Crippen LogP contribution in [0.15, 0.2) is 34.5 Å². The van der Waals surface area contributed by atoms with E-state index >= 15 is 0 Å². The van der Waals surface area contributed by atoms with Gasteiger partial charge in [-0.25, -0.2) is 14.5 Å². The molecule has 5 N–H and O–H groups in total. The Morgan fingerprint density at radius 2 is 2.09 bits per heavy atom. The molecule has 0 aliphatic heterocycles. The van der Waals surface area contributed by atoms with Gasteiger partial charge in [0.1, 0.15) is 5.82 Å². The summed E-state index contributed by atoms with van der Waals surface area (Å²) in [6.07, 6.45) is 0. The molecule has 22 heavy (non-hydrogen) atoms. The van der Waals surface area contributed by atoms with Crippen LogP contribution >= 0.6 is 11.8 Å². The van der Waals surface area contributed by atoms with Crippen molar-refractivity contribution in [2.75, 3.05) is 17.0 Å². The van der Waals surface area contributed by atoms with E-state index < -0.39 is 5.91 Å². The van der Waals surface area contributed by atoms with Crippen LogP contribution in [0.1, 0.15) is 12.5 Å². The molecule has 0 unspecified atom stereocenters. The Labute approximate surface area is 129 Å². The van der Waals surface area contributed by atoms with Gasteiger partial charge in [0.2, 0.25) is 11.1 Å². The lowest BCUT2D eigenvalue weighted by Crippen LogP contribution is -2.16. The number of primary amides is 1. The monoisotopic (exact) mass is 323 g/mol. The maximum atomic E-state index is 12.9. The molecule has 0 aliphatic carbocycles. The van der Waals surface area contributed by atoms with Gasteiger partial charge in [-0.2, -0.15) is 5.10 Å². The lowest BCUT2D eigenvalue weighted by atomic mass is 10.1. The molecule has 1 aromatic carbocycles. The van der Waals surface area contributed by atoms with Gasteiger partial charge in [0.05, 0.1) is 11.5 Å². The number of nitrogens with one attached hydrogen (secondary N) is 1. The van der Waals surface area contributed by atoms with Crippen LogP contribution < -0.4 is 17.0 Å². The van der Waals surface area contributed by atoms with Crippen LogP contribution in [0.25, 0.3) is 0 Å². The number of nitrogens with zero attached hydrogens (tertiary/aromatic N) is 4. The van der Waals surface area contributed by atoms with Crippen molar-refractivity contribution in [1.29, 1.82) is 0 Å². The number of hydrogen-bond donors (Lipinski definition) is 3. The number of thioether (sulfide) groups is 1. The molecule has 0 fully saturated rings. The fourth-order valence-corrected chi connectivity index (χ4v) is 2.07. The zero-order valence-corrected chi connectivity index (χ0v) is 12.5. The van der Waals surface area contributed by atoms with E-state index in [1.807, 2.05) is 0 Å². The molecule has 0 saturated heterocycles. The van der Waals surface area contributed by atoms with E-state index in [9.17, 15) is 9.18 Å². The molecule has 0 saturated carbocycles. The van der Waals surface area contributed by atoms with Gasteiger partial charge >= 0.3 is 0 Å². The van der Waals surface area contributed by atoms with E-state index in [-0.39, 0.29) is 17.5 Å². The normalized spacial score (nSPS) is 11.5. The molecular formula is C12H14FN7OS. The number of carbonyl (C=O) groups excluding carboxylic acids is 1. The van der Waals surface area contributed by atoms with Gasteiger partial charge in [-0.05, 0) is 24.6 Å². The minimum absolute atomic E-state index is 0.0488. The highest BCUT2D eigenvalue weighted by molar-refractivity contribution is 7.99. The standard InChI is InChI=1S/C12H14FN7OS/c1-7(8-2-4-9(13)5-3-8)16-17-11-18-19-12(20(11)15)22-6-10(14)21/h2-5H,6,15H2,1H3,(H2,14,21)(H,17,18)/b16-7+. The van der Waals surface area contributed by atoms with Crippen molar-refractivity contribution < 1.29 is 9.18 Å². The molecule has 1 aromatic heterocycles. The number of hydrazone groups is 1. The molecule has 116 valence electrons. The maximum absolute atomic E-state index is 12.9. The SMILES string of the molecule is C/C(=N\Nc1nnc(SCC(N)=O)n1N)c1ccc(F)cc1.